The fourth-order valence-corrected chi connectivity index (χ4v) is 2.18. The first kappa shape index (κ1) is 11.2. The number of halogens is 1. The third kappa shape index (κ3) is 2.44. The average Bonchev–Trinajstić information content (AvgIpc) is 2.63. The summed E-state index contributed by atoms with van der Waals surface area (Å²) in [6.07, 6.45) is 4.76. The van der Waals surface area contributed by atoms with E-state index in [2.05, 4.69) is 31.5 Å². The molecular formula is C10H13BrN4O. The van der Waals surface area contributed by atoms with Gasteiger partial charge in [0.15, 0.2) is 0 Å². The molecule has 1 saturated heterocycles. The van der Waals surface area contributed by atoms with Crippen LogP contribution in [0.15, 0.2) is 16.9 Å². The molecule has 86 valence electrons. The Balaban J connectivity index is 1.97. The van der Waals surface area contributed by atoms with E-state index in [0.29, 0.717) is 18.7 Å². The molecule has 0 aromatic carbocycles. The van der Waals surface area contributed by atoms with Crippen molar-refractivity contribution in [1.29, 1.82) is 0 Å². The number of anilines is 2. The second-order valence-electron chi connectivity index (χ2n) is 3.77. The van der Waals surface area contributed by atoms with E-state index in [-0.39, 0.29) is 11.9 Å². The van der Waals surface area contributed by atoms with Crippen LogP contribution in [-0.4, -0.2) is 23.5 Å². The minimum absolute atomic E-state index is 0.119. The number of carbonyl (C=O) groups excluding carboxylic acids is 1. The van der Waals surface area contributed by atoms with Crippen LogP contribution in [-0.2, 0) is 4.79 Å². The molecule has 6 heteroatoms. The van der Waals surface area contributed by atoms with Crippen LogP contribution in [0.4, 0.5) is 11.4 Å². The molecule has 1 aromatic heterocycles. The Kier molecular flexibility index (Phi) is 3.28. The number of rotatable bonds is 3. The lowest BCUT2D eigenvalue weighted by molar-refractivity contribution is -0.119. The lowest BCUT2D eigenvalue weighted by atomic mass is 10.2. The summed E-state index contributed by atoms with van der Waals surface area (Å²) in [5, 5.41) is 6.11. The maximum absolute atomic E-state index is 11.0. The Hall–Kier alpha value is -1.30. The van der Waals surface area contributed by atoms with Crippen LogP contribution >= 0.6 is 15.9 Å². The number of pyridine rings is 1. The number of nitrogens with two attached hydrogens (primary N) is 1. The first-order valence-corrected chi connectivity index (χ1v) is 5.88. The van der Waals surface area contributed by atoms with Gasteiger partial charge in [0.2, 0.25) is 5.91 Å². The molecule has 2 rings (SSSR count). The lowest BCUT2D eigenvalue weighted by Crippen LogP contribution is -2.32. The third-order valence-corrected chi connectivity index (χ3v) is 3.14. The first-order valence-electron chi connectivity index (χ1n) is 5.09. The molecule has 4 N–H and O–H groups in total. The lowest BCUT2D eigenvalue weighted by Gasteiger charge is -2.14. The van der Waals surface area contributed by atoms with Gasteiger partial charge >= 0.3 is 0 Å². The summed E-state index contributed by atoms with van der Waals surface area (Å²) >= 11 is 3.38. The summed E-state index contributed by atoms with van der Waals surface area (Å²) in [4.78, 5) is 15.0. The largest absolute Gasteiger partial charge is 0.396 e. The Labute approximate surface area is 102 Å². The molecule has 2 heterocycles. The number of hydrogen-bond acceptors (Lipinski definition) is 4. The van der Waals surface area contributed by atoms with Gasteiger partial charge in [0, 0.05) is 25.2 Å². The Morgan fingerprint density at radius 1 is 1.62 bits per heavy atom. The van der Waals surface area contributed by atoms with Crippen molar-refractivity contribution in [2.45, 2.75) is 18.9 Å². The molecule has 16 heavy (non-hydrogen) atoms. The van der Waals surface area contributed by atoms with E-state index in [4.69, 9.17) is 5.73 Å². The van der Waals surface area contributed by atoms with E-state index in [0.717, 1.165) is 16.6 Å². The van der Waals surface area contributed by atoms with Crippen LogP contribution < -0.4 is 16.4 Å². The summed E-state index contributed by atoms with van der Waals surface area (Å²) in [5.41, 5.74) is 7.22. The number of nitrogen functional groups attached to an aromatic ring is 1. The minimum atomic E-state index is 0.119. The molecule has 0 radical (unpaired) electrons. The van der Waals surface area contributed by atoms with Gasteiger partial charge in [-0.05, 0) is 22.4 Å². The summed E-state index contributed by atoms with van der Waals surface area (Å²) in [5.74, 6) is 0.119. The molecule has 0 saturated carbocycles. The monoisotopic (exact) mass is 284 g/mol. The molecule has 0 aliphatic carbocycles. The average molecular weight is 285 g/mol. The molecule has 1 atom stereocenters. The van der Waals surface area contributed by atoms with E-state index >= 15 is 0 Å². The van der Waals surface area contributed by atoms with Gasteiger partial charge in [-0.2, -0.15) is 0 Å². The number of carbonyl (C=O) groups is 1. The second-order valence-corrected chi connectivity index (χ2v) is 4.62. The molecule has 5 nitrogen and oxygen atoms in total. The molecular weight excluding hydrogens is 272 g/mol. The van der Waals surface area contributed by atoms with Crippen LogP contribution in [0.2, 0.25) is 0 Å². The molecule has 0 spiro atoms. The van der Waals surface area contributed by atoms with Crippen LogP contribution in [0.5, 0.6) is 0 Å². The Bertz CT molecular complexity index is 390. The number of nitrogens with one attached hydrogen (secondary N) is 2. The van der Waals surface area contributed by atoms with Crippen molar-refractivity contribution in [3.05, 3.63) is 16.9 Å². The van der Waals surface area contributed by atoms with E-state index in [1.807, 2.05) is 0 Å². The van der Waals surface area contributed by atoms with Gasteiger partial charge in [-0.25, -0.2) is 0 Å². The molecule has 0 bridgehead atoms. The predicted octanol–water partition coefficient (Wildman–Crippen LogP) is 1.12. The molecule has 1 unspecified atom stereocenters. The Morgan fingerprint density at radius 3 is 3.06 bits per heavy atom. The first-order chi connectivity index (χ1) is 7.66. The number of aromatic nitrogens is 1. The van der Waals surface area contributed by atoms with Crippen molar-refractivity contribution >= 4 is 33.2 Å². The topological polar surface area (TPSA) is 80.0 Å². The fraction of sp³-hybridized carbons (Fsp3) is 0.400. The molecule has 1 aliphatic heterocycles. The highest BCUT2D eigenvalue weighted by Crippen LogP contribution is 2.27. The second kappa shape index (κ2) is 4.69. The van der Waals surface area contributed by atoms with Crippen molar-refractivity contribution in [2.75, 3.05) is 17.6 Å². The van der Waals surface area contributed by atoms with E-state index in [1.165, 1.54) is 0 Å². The van der Waals surface area contributed by atoms with Gasteiger partial charge < -0.3 is 16.4 Å². The van der Waals surface area contributed by atoms with Crippen molar-refractivity contribution in [1.82, 2.24) is 10.3 Å². The number of nitrogens with zero attached hydrogens (tertiary/aromatic N) is 1. The van der Waals surface area contributed by atoms with Gasteiger partial charge in [-0.1, -0.05) is 0 Å². The number of hydrogen-bond donors (Lipinski definition) is 3. The maximum Gasteiger partial charge on any atom is 0.220 e. The zero-order chi connectivity index (χ0) is 11.5. The van der Waals surface area contributed by atoms with Gasteiger partial charge in [-0.15, -0.1) is 0 Å². The van der Waals surface area contributed by atoms with Gasteiger partial charge in [-0.3, -0.25) is 9.78 Å². The normalized spacial score (nSPS) is 19.6. The molecule has 1 amide bonds. The molecule has 1 aliphatic rings. The molecule has 1 aromatic rings. The zero-order valence-electron chi connectivity index (χ0n) is 8.66. The highest BCUT2D eigenvalue weighted by molar-refractivity contribution is 9.10. The standard InChI is InChI=1S/C10H13BrN4O/c11-7-4-13-5-8(12)10(7)14-3-6-1-2-9(16)15-6/h4-6H,1-3,12H2,(H,13,14)(H,15,16). The molecule has 1 fully saturated rings. The van der Waals surface area contributed by atoms with Crippen LogP contribution in [0.3, 0.4) is 0 Å². The summed E-state index contributed by atoms with van der Waals surface area (Å²) in [7, 11) is 0. The van der Waals surface area contributed by atoms with Crippen LogP contribution in [0, 0.1) is 0 Å². The van der Waals surface area contributed by atoms with Crippen molar-refractivity contribution in [2.24, 2.45) is 0 Å². The van der Waals surface area contributed by atoms with Crippen molar-refractivity contribution in [3.8, 4) is 0 Å². The summed E-state index contributed by atoms with van der Waals surface area (Å²) in [6.45, 7) is 0.679. The van der Waals surface area contributed by atoms with Crippen LogP contribution in [0.25, 0.3) is 0 Å². The van der Waals surface area contributed by atoms with Gasteiger partial charge in [0.05, 0.1) is 22.0 Å². The smallest absolute Gasteiger partial charge is 0.220 e. The van der Waals surface area contributed by atoms with E-state index < -0.39 is 0 Å². The quantitative estimate of drug-likeness (QED) is 0.777. The summed E-state index contributed by atoms with van der Waals surface area (Å²) < 4.78 is 0.830. The minimum Gasteiger partial charge on any atom is -0.396 e. The number of amides is 1. The van der Waals surface area contributed by atoms with Crippen molar-refractivity contribution < 1.29 is 4.79 Å². The van der Waals surface area contributed by atoms with E-state index in [1.54, 1.807) is 12.4 Å². The fourth-order valence-electron chi connectivity index (χ4n) is 1.69. The zero-order valence-corrected chi connectivity index (χ0v) is 10.3. The van der Waals surface area contributed by atoms with Gasteiger partial charge in [0.25, 0.3) is 0 Å². The van der Waals surface area contributed by atoms with Crippen molar-refractivity contribution in [3.63, 3.8) is 0 Å². The van der Waals surface area contributed by atoms with Crippen LogP contribution in [0.1, 0.15) is 12.8 Å². The maximum atomic E-state index is 11.0. The highest BCUT2D eigenvalue weighted by Gasteiger charge is 2.20. The predicted molar refractivity (Wildman–Crippen MR) is 66.0 cm³/mol. The third-order valence-electron chi connectivity index (χ3n) is 2.54. The summed E-state index contributed by atoms with van der Waals surface area (Å²) in [6, 6.07) is 0.187. The SMILES string of the molecule is Nc1cncc(Br)c1NCC1CCC(=O)N1. The Morgan fingerprint density at radius 2 is 2.44 bits per heavy atom. The van der Waals surface area contributed by atoms with E-state index in [9.17, 15) is 4.79 Å². The highest BCUT2D eigenvalue weighted by atomic mass is 79.9. The van der Waals surface area contributed by atoms with Gasteiger partial charge in [0.1, 0.15) is 0 Å².